The molecular formula is C20H12I2. The van der Waals surface area contributed by atoms with Crippen LogP contribution in [-0.4, -0.2) is 0 Å². The van der Waals surface area contributed by atoms with Crippen LogP contribution in [0.15, 0.2) is 72.8 Å². The second kappa shape index (κ2) is 5.81. The molecule has 0 aromatic heterocycles. The lowest BCUT2D eigenvalue weighted by Crippen LogP contribution is -1.82. The van der Waals surface area contributed by atoms with Gasteiger partial charge in [-0.3, -0.25) is 0 Å². The average Bonchev–Trinajstić information content (AvgIpc) is 2.54. The van der Waals surface area contributed by atoms with E-state index in [9.17, 15) is 0 Å². The topological polar surface area (TPSA) is 0 Å². The molecule has 0 nitrogen and oxygen atoms in total. The molecule has 0 heterocycles. The predicted molar refractivity (Wildman–Crippen MR) is 112 cm³/mol. The van der Waals surface area contributed by atoms with Gasteiger partial charge in [0.2, 0.25) is 0 Å². The normalized spacial score (nSPS) is 11.2. The lowest BCUT2D eigenvalue weighted by molar-refractivity contribution is 1.65. The molecular weight excluding hydrogens is 494 g/mol. The van der Waals surface area contributed by atoms with Crippen molar-refractivity contribution in [1.82, 2.24) is 0 Å². The molecule has 0 saturated carbocycles. The number of halogens is 2. The van der Waals surface area contributed by atoms with Gasteiger partial charge in [-0.25, -0.2) is 0 Å². The summed E-state index contributed by atoms with van der Waals surface area (Å²) in [7, 11) is 0. The standard InChI is InChI=1S/C20H12I2/c21-19-7-5-15-9-13(1-3-17(15)11-19)14-2-4-18-12-20(22)8-6-16(18)10-14/h1-12H. The molecule has 0 unspecified atom stereocenters. The molecule has 22 heavy (non-hydrogen) atoms. The molecule has 0 atom stereocenters. The lowest BCUT2D eigenvalue weighted by atomic mass is 9.99. The van der Waals surface area contributed by atoms with Crippen LogP contribution in [0.5, 0.6) is 0 Å². The minimum Gasteiger partial charge on any atom is -0.0537 e. The van der Waals surface area contributed by atoms with Crippen molar-refractivity contribution in [3.8, 4) is 11.1 Å². The Bertz CT molecular complexity index is 920. The Hall–Kier alpha value is -1.14. The second-order valence-electron chi connectivity index (χ2n) is 5.41. The third-order valence-electron chi connectivity index (χ3n) is 3.94. The zero-order chi connectivity index (χ0) is 15.1. The summed E-state index contributed by atoms with van der Waals surface area (Å²) >= 11 is 4.72. The van der Waals surface area contributed by atoms with Crippen LogP contribution >= 0.6 is 45.2 Å². The van der Waals surface area contributed by atoms with Crippen molar-refractivity contribution >= 4 is 66.7 Å². The van der Waals surface area contributed by atoms with Gasteiger partial charge in [0.25, 0.3) is 0 Å². The summed E-state index contributed by atoms with van der Waals surface area (Å²) in [6.45, 7) is 0. The molecule has 0 aliphatic rings. The third-order valence-corrected chi connectivity index (χ3v) is 5.28. The van der Waals surface area contributed by atoms with E-state index in [1.54, 1.807) is 0 Å². The van der Waals surface area contributed by atoms with Crippen molar-refractivity contribution in [2.45, 2.75) is 0 Å². The monoisotopic (exact) mass is 506 g/mol. The maximum absolute atomic E-state index is 2.36. The average molecular weight is 506 g/mol. The highest BCUT2D eigenvalue weighted by Gasteiger charge is 2.02. The first-order chi connectivity index (χ1) is 10.7. The van der Waals surface area contributed by atoms with E-state index in [0.717, 1.165) is 0 Å². The fraction of sp³-hybridized carbons (Fsp3) is 0. The molecule has 0 radical (unpaired) electrons. The molecule has 106 valence electrons. The van der Waals surface area contributed by atoms with E-state index in [0.29, 0.717) is 0 Å². The molecule has 0 bridgehead atoms. The van der Waals surface area contributed by atoms with Gasteiger partial charge in [0.15, 0.2) is 0 Å². The van der Waals surface area contributed by atoms with E-state index in [4.69, 9.17) is 0 Å². The fourth-order valence-corrected chi connectivity index (χ4v) is 3.82. The second-order valence-corrected chi connectivity index (χ2v) is 7.90. The van der Waals surface area contributed by atoms with Crippen LogP contribution in [0.25, 0.3) is 32.7 Å². The summed E-state index contributed by atoms with van der Waals surface area (Å²) in [4.78, 5) is 0. The van der Waals surface area contributed by atoms with Crippen molar-refractivity contribution in [1.29, 1.82) is 0 Å². The Morgan fingerprint density at radius 1 is 0.409 bits per heavy atom. The number of rotatable bonds is 1. The molecule has 0 N–H and O–H groups in total. The Kier molecular flexibility index (Phi) is 3.82. The molecule has 4 aromatic rings. The summed E-state index contributed by atoms with van der Waals surface area (Å²) in [6.07, 6.45) is 0. The van der Waals surface area contributed by atoms with Crippen molar-refractivity contribution in [3.05, 3.63) is 79.9 Å². The Morgan fingerprint density at radius 2 is 0.773 bits per heavy atom. The van der Waals surface area contributed by atoms with Gasteiger partial charge in [-0.1, -0.05) is 36.4 Å². The maximum atomic E-state index is 2.36. The molecule has 0 aliphatic carbocycles. The third kappa shape index (κ3) is 2.74. The van der Waals surface area contributed by atoms with Gasteiger partial charge in [0, 0.05) is 7.14 Å². The number of hydrogen-bond acceptors (Lipinski definition) is 0. The molecule has 0 amide bonds. The number of hydrogen-bond donors (Lipinski definition) is 0. The lowest BCUT2D eigenvalue weighted by Gasteiger charge is -2.07. The van der Waals surface area contributed by atoms with Gasteiger partial charge in [-0.15, -0.1) is 0 Å². The van der Waals surface area contributed by atoms with Crippen molar-refractivity contribution in [2.24, 2.45) is 0 Å². The van der Waals surface area contributed by atoms with Crippen molar-refractivity contribution in [2.75, 3.05) is 0 Å². The van der Waals surface area contributed by atoms with E-state index >= 15 is 0 Å². The van der Waals surface area contributed by atoms with Gasteiger partial charge < -0.3 is 0 Å². The van der Waals surface area contributed by atoms with Crippen LogP contribution < -0.4 is 0 Å². The molecule has 2 heteroatoms. The zero-order valence-corrected chi connectivity index (χ0v) is 16.0. The van der Waals surface area contributed by atoms with Crippen molar-refractivity contribution < 1.29 is 0 Å². The molecule has 0 aliphatic heterocycles. The molecule has 0 spiro atoms. The first-order valence-electron chi connectivity index (χ1n) is 7.08. The van der Waals surface area contributed by atoms with Gasteiger partial charge in [-0.05, 0) is 114 Å². The van der Waals surface area contributed by atoms with Gasteiger partial charge in [0.05, 0.1) is 0 Å². The number of fused-ring (bicyclic) bond motifs is 2. The van der Waals surface area contributed by atoms with E-state index in [1.807, 2.05) is 0 Å². The highest BCUT2D eigenvalue weighted by Crippen LogP contribution is 2.28. The van der Waals surface area contributed by atoms with Crippen LogP contribution in [-0.2, 0) is 0 Å². The smallest absolute Gasteiger partial charge is 0.0136 e. The van der Waals surface area contributed by atoms with Gasteiger partial charge in [-0.2, -0.15) is 0 Å². The summed E-state index contributed by atoms with van der Waals surface area (Å²) in [5.74, 6) is 0. The minimum absolute atomic E-state index is 1.27. The number of benzene rings is 4. The fourth-order valence-electron chi connectivity index (χ4n) is 2.79. The van der Waals surface area contributed by atoms with E-state index in [1.165, 1.54) is 39.8 Å². The van der Waals surface area contributed by atoms with Gasteiger partial charge in [0.1, 0.15) is 0 Å². The molecule has 0 saturated heterocycles. The Labute approximate surface area is 156 Å². The zero-order valence-electron chi connectivity index (χ0n) is 11.7. The first kappa shape index (κ1) is 14.5. The minimum atomic E-state index is 1.27. The SMILES string of the molecule is Ic1ccc2cc(-c3ccc4cc(I)ccc4c3)ccc2c1. The molecule has 4 aromatic carbocycles. The quantitative estimate of drug-likeness (QED) is 0.248. The van der Waals surface area contributed by atoms with Crippen LogP contribution in [0.1, 0.15) is 0 Å². The van der Waals surface area contributed by atoms with Crippen LogP contribution in [0.2, 0.25) is 0 Å². The van der Waals surface area contributed by atoms with Gasteiger partial charge >= 0.3 is 0 Å². The summed E-state index contributed by atoms with van der Waals surface area (Å²) < 4.78 is 2.55. The summed E-state index contributed by atoms with van der Waals surface area (Å²) in [5.41, 5.74) is 2.54. The highest BCUT2D eigenvalue weighted by molar-refractivity contribution is 14.1. The van der Waals surface area contributed by atoms with E-state index in [-0.39, 0.29) is 0 Å². The van der Waals surface area contributed by atoms with Crippen molar-refractivity contribution in [3.63, 3.8) is 0 Å². The Balaban J connectivity index is 1.87. The van der Waals surface area contributed by atoms with Crippen LogP contribution in [0, 0.1) is 7.14 Å². The van der Waals surface area contributed by atoms with E-state index < -0.39 is 0 Å². The largest absolute Gasteiger partial charge is 0.0537 e. The summed E-state index contributed by atoms with van der Waals surface area (Å²) in [5, 5.41) is 5.18. The first-order valence-corrected chi connectivity index (χ1v) is 9.24. The summed E-state index contributed by atoms with van der Waals surface area (Å²) in [6, 6.07) is 26.6. The predicted octanol–water partition coefficient (Wildman–Crippen LogP) is 6.87. The molecule has 4 rings (SSSR count). The highest BCUT2D eigenvalue weighted by atomic mass is 127. The maximum Gasteiger partial charge on any atom is 0.0136 e. The Morgan fingerprint density at radius 3 is 1.23 bits per heavy atom. The van der Waals surface area contributed by atoms with Crippen LogP contribution in [0.4, 0.5) is 0 Å². The van der Waals surface area contributed by atoms with E-state index in [2.05, 4.69) is 118 Å². The van der Waals surface area contributed by atoms with Crippen LogP contribution in [0.3, 0.4) is 0 Å². The molecule has 0 fully saturated rings.